The summed E-state index contributed by atoms with van der Waals surface area (Å²) in [5, 5.41) is 0.862. The van der Waals surface area contributed by atoms with Crippen molar-refractivity contribution in [3.05, 3.63) is 28.7 Å². The Morgan fingerprint density at radius 3 is 1.82 bits per heavy atom. The lowest BCUT2D eigenvalue weighted by Crippen LogP contribution is -2.34. The van der Waals surface area contributed by atoms with E-state index in [0.29, 0.717) is 24.0 Å². The summed E-state index contributed by atoms with van der Waals surface area (Å²) in [5.41, 5.74) is 4.32. The molecule has 2 aromatic heterocycles. The number of ketones is 2. The van der Waals surface area contributed by atoms with Crippen LogP contribution in [-0.2, 0) is 19.9 Å². The van der Waals surface area contributed by atoms with E-state index in [0.717, 1.165) is 40.6 Å². The van der Waals surface area contributed by atoms with Crippen molar-refractivity contribution < 1.29 is 9.59 Å². The van der Waals surface area contributed by atoms with Gasteiger partial charge in [-0.3, -0.25) is 14.6 Å². The number of nitrogens with zero attached hydrogens (tertiary/aromatic N) is 3. The SMILES string of the molecule is CSc1ncc(-c2c3c(nc4c2C(=O)CC(C)(C)C4)CC(C)(C)CC3=O)n1C. The molecule has 0 amide bonds. The van der Waals surface area contributed by atoms with E-state index < -0.39 is 0 Å². The topological polar surface area (TPSA) is 64.8 Å². The Morgan fingerprint density at radius 2 is 1.39 bits per heavy atom. The molecular formula is C22H27N3O2S. The molecule has 2 heterocycles. The summed E-state index contributed by atoms with van der Waals surface area (Å²) >= 11 is 1.55. The van der Waals surface area contributed by atoms with Gasteiger partial charge in [0.05, 0.1) is 23.3 Å². The number of aromatic nitrogens is 3. The predicted molar refractivity (Wildman–Crippen MR) is 111 cm³/mol. The van der Waals surface area contributed by atoms with Crippen LogP contribution in [0.1, 0.15) is 72.6 Å². The first-order valence-electron chi connectivity index (χ1n) is 9.71. The molecule has 0 aliphatic heterocycles. The fourth-order valence-corrected chi connectivity index (χ4v) is 5.22. The maximum atomic E-state index is 13.2. The standard InChI is InChI=1S/C22H27N3O2S/c1-21(2)7-12-17(15(26)9-21)19(14-11-23-20(28-6)25(14)5)18-13(24-12)8-22(3,4)10-16(18)27/h11H,7-10H2,1-6H3. The number of carbonyl (C=O) groups is 2. The molecule has 4 rings (SSSR count). The number of carbonyl (C=O) groups excluding carboxylic acids is 2. The maximum absolute atomic E-state index is 13.2. The molecule has 0 radical (unpaired) electrons. The highest BCUT2D eigenvalue weighted by atomic mass is 32.2. The zero-order valence-corrected chi connectivity index (χ0v) is 18.3. The van der Waals surface area contributed by atoms with Gasteiger partial charge in [0, 0.05) is 36.6 Å². The molecule has 2 aromatic rings. The van der Waals surface area contributed by atoms with E-state index in [1.165, 1.54) is 0 Å². The lowest BCUT2D eigenvalue weighted by atomic mass is 9.70. The first-order chi connectivity index (χ1) is 13.0. The van der Waals surface area contributed by atoms with Gasteiger partial charge < -0.3 is 4.57 Å². The smallest absolute Gasteiger partial charge is 0.167 e. The Bertz CT molecular complexity index is 963. The molecule has 2 aliphatic rings. The third-order valence-electron chi connectivity index (χ3n) is 5.86. The van der Waals surface area contributed by atoms with Crippen molar-refractivity contribution in [3.63, 3.8) is 0 Å². The molecule has 0 saturated carbocycles. The van der Waals surface area contributed by atoms with Crippen LogP contribution in [0.5, 0.6) is 0 Å². The number of Topliss-reactive ketones (excluding diaryl/α,β-unsaturated/α-hetero) is 2. The Labute approximate surface area is 170 Å². The van der Waals surface area contributed by atoms with Crippen LogP contribution in [0.15, 0.2) is 11.4 Å². The maximum Gasteiger partial charge on any atom is 0.167 e. The average molecular weight is 398 g/mol. The Kier molecular flexibility index (Phi) is 4.34. The van der Waals surface area contributed by atoms with Gasteiger partial charge in [-0.1, -0.05) is 39.5 Å². The molecule has 2 aliphatic carbocycles. The molecule has 5 nitrogen and oxygen atoms in total. The van der Waals surface area contributed by atoms with Crippen LogP contribution in [0.25, 0.3) is 11.3 Å². The van der Waals surface area contributed by atoms with Gasteiger partial charge >= 0.3 is 0 Å². The number of hydrogen-bond acceptors (Lipinski definition) is 5. The molecule has 0 N–H and O–H groups in total. The van der Waals surface area contributed by atoms with Crippen LogP contribution < -0.4 is 0 Å². The number of hydrogen-bond donors (Lipinski definition) is 0. The second-order valence-electron chi connectivity index (χ2n) is 9.70. The summed E-state index contributed by atoms with van der Waals surface area (Å²) in [5.74, 6) is 0.169. The molecule has 148 valence electrons. The largest absolute Gasteiger partial charge is 0.322 e. The van der Waals surface area contributed by atoms with Crippen molar-refractivity contribution in [2.24, 2.45) is 17.9 Å². The quantitative estimate of drug-likeness (QED) is 0.698. The van der Waals surface area contributed by atoms with Gasteiger partial charge in [-0.05, 0) is 29.9 Å². The van der Waals surface area contributed by atoms with Crippen LogP contribution in [0, 0.1) is 10.8 Å². The van der Waals surface area contributed by atoms with Gasteiger partial charge in [-0.2, -0.15) is 0 Å². The van der Waals surface area contributed by atoms with Gasteiger partial charge in [0.25, 0.3) is 0 Å². The number of thioether (sulfide) groups is 1. The van der Waals surface area contributed by atoms with Crippen molar-refractivity contribution in [2.45, 2.75) is 58.5 Å². The van der Waals surface area contributed by atoms with E-state index in [1.54, 1.807) is 18.0 Å². The molecule has 0 unspecified atom stereocenters. The van der Waals surface area contributed by atoms with Crippen molar-refractivity contribution in [1.29, 1.82) is 0 Å². The van der Waals surface area contributed by atoms with E-state index in [2.05, 4.69) is 32.7 Å². The van der Waals surface area contributed by atoms with Crippen LogP contribution in [-0.4, -0.2) is 32.4 Å². The molecule has 0 aromatic carbocycles. The predicted octanol–water partition coefficient (Wildman–Crippen LogP) is 4.51. The average Bonchev–Trinajstić information content (AvgIpc) is 2.90. The molecule has 28 heavy (non-hydrogen) atoms. The highest BCUT2D eigenvalue weighted by molar-refractivity contribution is 7.98. The lowest BCUT2D eigenvalue weighted by Gasteiger charge is -2.35. The van der Waals surface area contributed by atoms with E-state index in [-0.39, 0.29) is 22.4 Å². The van der Waals surface area contributed by atoms with Crippen LogP contribution >= 0.6 is 11.8 Å². The Balaban J connectivity index is 2.07. The minimum absolute atomic E-state index is 0.0843. The number of pyridine rings is 1. The molecular weight excluding hydrogens is 370 g/mol. The van der Waals surface area contributed by atoms with Crippen molar-refractivity contribution in [2.75, 3.05) is 6.26 Å². The number of rotatable bonds is 2. The van der Waals surface area contributed by atoms with E-state index in [9.17, 15) is 9.59 Å². The second-order valence-corrected chi connectivity index (χ2v) is 10.5. The molecule has 0 saturated heterocycles. The third kappa shape index (κ3) is 3.02. The summed E-state index contributed by atoms with van der Waals surface area (Å²) in [7, 11) is 1.95. The second kappa shape index (κ2) is 6.28. The monoisotopic (exact) mass is 397 g/mol. The van der Waals surface area contributed by atoms with Crippen LogP contribution in [0.2, 0.25) is 0 Å². The van der Waals surface area contributed by atoms with Gasteiger partial charge in [0.15, 0.2) is 16.7 Å². The molecule has 0 atom stereocenters. The van der Waals surface area contributed by atoms with E-state index in [4.69, 9.17) is 4.98 Å². The summed E-state index contributed by atoms with van der Waals surface area (Å²) in [6.07, 6.45) is 6.21. The van der Waals surface area contributed by atoms with Crippen LogP contribution in [0.4, 0.5) is 0 Å². The van der Waals surface area contributed by atoms with Gasteiger partial charge in [0.2, 0.25) is 0 Å². The van der Waals surface area contributed by atoms with E-state index in [1.807, 2.05) is 17.9 Å². The summed E-state index contributed by atoms with van der Waals surface area (Å²) in [6, 6.07) is 0. The zero-order valence-electron chi connectivity index (χ0n) is 17.5. The van der Waals surface area contributed by atoms with Gasteiger partial charge in [-0.15, -0.1) is 0 Å². The summed E-state index contributed by atoms with van der Waals surface area (Å²) in [6.45, 7) is 8.44. The molecule has 0 bridgehead atoms. The van der Waals surface area contributed by atoms with Gasteiger partial charge in [-0.25, -0.2) is 4.98 Å². The minimum Gasteiger partial charge on any atom is -0.322 e. The molecule has 6 heteroatoms. The normalized spacial score (nSPS) is 20.1. The van der Waals surface area contributed by atoms with E-state index >= 15 is 0 Å². The van der Waals surface area contributed by atoms with Crippen LogP contribution in [0.3, 0.4) is 0 Å². The Morgan fingerprint density at radius 1 is 0.893 bits per heavy atom. The number of imidazole rings is 1. The third-order valence-corrected chi connectivity index (χ3v) is 6.60. The first kappa shape index (κ1) is 19.4. The molecule has 0 fully saturated rings. The zero-order chi connectivity index (χ0) is 20.4. The van der Waals surface area contributed by atoms with Gasteiger partial charge in [0.1, 0.15) is 0 Å². The van der Waals surface area contributed by atoms with Crippen molar-refractivity contribution in [3.8, 4) is 11.3 Å². The Hall–Kier alpha value is -1.95. The highest BCUT2D eigenvalue weighted by Crippen LogP contribution is 2.45. The highest BCUT2D eigenvalue weighted by Gasteiger charge is 2.41. The molecule has 0 spiro atoms. The summed E-state index contributed by atoms with van der Waals surface area (Å²) in [4.78, 5) is 35.8. The number of fused-ring (bicyclic) bond motifs is 2. The first-order valence-corrected chi connectivity index (χ1v) is 10.9. The fourth-order valence-electron chi connectivity index (χ4n) is 4.69. The van der Waals surface area contributed by atoms with Crippen molar-refractivity contribution >= 4 is 23.3 Å². The fraction of sp³-hybridized carbons (Fsp3) is 0.545. The summed E-state index contributed by atoms with van der Waals surface area (Å²) < 4.78 is 1.99. The minimum atomic E-state index is -0.117. The lowest BCUT2D eigenvalue weighted by molar-refractivity contribution is 0.0907. The van der Waals surface area contributed by atoms with Crippen molar-refractivity contribution in [1.82, 2.24) is 14.5 Å².